The lowest BCUT2D eigenvalue weighted by molar-refractivity contribution is -0.125. The third kappa shape index (κ3) is 2.38. The first-order chi connectivity index (χ1) is 9.57. The normalized spacial score (nSPS) is 21.9. The number of benzene rings is 1. The summed E-state index contributed by atoms with van der Waals surface area (Å²) in [5.74, 6) is -0.466. The lowest BCUT2D eigenvalue weighted by atomic mass is 9.87. The number of nitrogens with zero attached hydrogens (tertiary/aromatic N) is 1. The maximum absolute atomic E-state index is 13.1. The molecule has 3 amide bonds. The van der Waals surface area contributed by atoms with Crippen LogP contribution in [0.25, 0.3) is 0 Å². The van der Waals surface area contributed by atoms with Crippen molar-refractivity contribution in [3.05, 3.63) is 35.6 Å². The van der Waals surface area contributed by atoms with Gasteiger partial charge >= 0.3 is 6.03 Å². The zero-order valence-corrected chi connectivity index (χ0v) is 11.0. The molecule has 0 unspecified atom stereocenters. The van der Waals surface area contributed by atoms with Gasteiger partial charge in [0, 0.05) is 19.6 Å². The van der Waals surface area contributed by atoms with Crippen LogP contribution in [0.15, 0.2) is 24.3 Å². The van der Waals surface area contributed by atoms with Crippen molar-refractivity contribution < 1.29 is 14.0 Å². The van der Waals surface area contributed by atoms with Crippen LogP contribution in [0.5, 0.6) is 0 Å². The average molecular weight is 277 g/mol. The number of halogens is 1. The smallest absolute Gasteiger partial charge is 0.322 e. The van der Waals surface area contributed by atoms with Gasteiger partial charge in [-0.25, -0.2) is 9.18 Å². The van der Waals surface area contributed by atoms with E-state index in [-0.39, 0.29) is 11.7 Å². The molecule has 0 radical (unpaired) electrons. The van der Waals surface area contributed by atoms with Gasteiger partial charge in [-0.05, 0) is 30.5 Å². The Morgan fingerprint density at radius 3 is 2.60 bits per heavy atom. The molecule has 1 spiro atoms. The Bertz CT molecular complexity index is 553. The molecule has 2 saturated heterocycles. The number of carbonyl (C=O) groups excluding carboxylic acids is 2. The van der Waals surface area contributed by atoms with Gasteiger partial charge < -0.3 is 5.32 Å². The van der Waals surface area contributed by atoms with Crippen molar-refractivity contribution in [2.24, 2.45) is 0 Å². The molecule has 2 aliphatic rings. The van der Waals surface area contributed by atoms with Crippen molar-refractivity contribution in [2.45, 2.75) is 24.9 Å². The van der Waals surface area contributed by atoms with E-state index in [2.05, 4.69) is 15.5 Å². The molecule has 1 aromatic carbocycles. The highest BCUT2D eigenvalue weighted by Gasteiger charge is 2.47. The van der Waals surface area contributed by atoms with Crippen LogP contribution < -0.4 is 10.6 Å². The molecule has 5 nitrogen and oxygen atoms in total. The molecule has 106 valence electrons. The van der Waals surface area contributed by atoms with Crippen molar-refractivity contribution in [1.29, 1.82) is 0 Å². The summed E-state index contributed by atoms with van der Waals surface area (Å²) in [6.45, 7) is 2.05. The van der Waals surface area contributed by atoms with Crippen LogP contribution in [0.3, 0.4) is 0 Å². The van der Waals surface area contributed by atoms with Gasteiger partial charge in [-0.3, -0.25) is 15.0 Å². The molecule has 0 bridgehead atoms. The van der Waals surface area contributed by atoms with E-state index < -0.39 is 11.6 Å². The highest BCUT2D eigenvalue weighted by atomic mass is 19.1. The highest BCUT2D eigenvalue weighted by molar-refractivity contribution is 6.07. The highest BCUT2D eigenvalue weighted by Crippen LogP contribution is 2.26. The Morgan fingerprint density at radius 1 is 1.25 bits per heavy atom. The number of rotatable bonds is 2. The number of carbonyl (C=O) groups is 2. The molecule has 20 heavy (non-hydrogen) atoms. The first-order valence-electron chi connectivity index (χ1n) is 6.68. The van der Waals surface area contributed by atoms with Crippen molar-refractivity contribution in [3.63, 3.8) is 0 Å². The minimum Gasteiger partial charge on any atom is -0.323 e. The van der Waals surface area contributed by atoms with Gasteiger partial charge in [0.1, 0.15) is 11.4 Å². The summed E-state index contributed by atoms with van der Waals surface area (Å²) >= 11 is 0. The van der Waals surface area contributed by atoms with Gasteiger partial charge in [0.25, 0.3) is 5.91 Å². The van der Waals surface area contributed by atoms with E-state index in [1.165, 1.54) is 12.1 Å². The SMILES string of the molecule is O=C1NC(=O)C2(CCN(Cc3cccc(F)c3)CC2)N1. The van der Waals surface area contributed by atoms with Gasteiger partial charge in [-0.2, -0.15) is 0 Å². The third-order valence-electron chi connectivity index (χ3n) is 4.02. The predicted octanol–water partition coefficient (Wildman–Crippen LogP) is 1.000. The van der Waals surface area contributed by atoms with Crippen molar-refractivity contribution in [2.75, 3.05) is 13.1 Å². The molecule has 2 N–H and O–H groups in total. The standard InChI is InChI=1S/C14H16FN3O2/c15-11-3-1-2-10(8-11)9-18-6-4-14(5-7-18)12(19)16-13(20)17-14/h1-3,8H,4-7,9H2,(H2,16,17,19,20). The van der Waals surface area contributed by atoms with Gasteiger partial charge in [0.15, 0.2) is 0 Å². The van der Waals surface area contributed by atoms with E-state index >= 15 is 0 Å². The number of amides is 3. The number of likely N-dealkylation sites (tertiary alicyclic amines) is 1. The molecule has 0 saturated carbocycles. The van der Waals surface area contributed by atoms with E-state index in [1.54, 1.807) is 6.07 Å². The summed E-state index contributed by atoms with van der Waals surface area (Å²) in [5, 5.41) is 5.02. The largest absolute Gasteiger partial charge is 0.323 e. The number of nitrogens with one attached hydrogen (secondary N) is 2. The second-order valence-electron chi connectivity index (χ2n) is 5.40. The summed E-state index contributed by atoms with van der Waals surface area (Å²) in [6, 6.07) is 6.12. The van der Waals surface area contributed by atoms with E-state index in [1.807, 2.05) is 6.07 Å². The van der Waals surface area contributed by atoms with Crippen molar-refractivity contribution >= 4 is 11.9 Å². The lowest BCUT2D eigenvalue weighted by Crippen LogP contribution is -2.54. The molecule has 2 fully saturated rings. The molecule has 2 aliphatic heterocycles. The molecular weight excluding hydrogens is 261 g/mol. The van der Waals surface area contributed by atoms with E-state index in [0.29, 0.717) is 32.5 Å². The number of imide groups is 1. The van der Waals surface area contributed by atoms with Crippen molar-refractivity contribution in [1.82, 2.24) is 15.5 Å². The summed E-state index contributed by atoms with van der Waals surface area (Å²) < 4.78 is 13.1. The Labute approximate surface area is 116 Å². The fourth-order valence-electron chi connectivity index (χ4n) is 2.87. The fraction of sp³-hybridized carbons (Fsp3) is 0.429. The first-order valence-corrected chi connectivity index (χ1v) is 6.68. The summed E-state index contributed by atoms with van der Waals surface area (Å²) in [5.41, 5.74) is 0.177. The van der Waals surface area contributed by atoms with Crippen LogP contribution in [0, 0.1) is 5.82 Å². The van der Waals surface area contributed by atoms with Gasteiger partial charge in [0.05, 0.1) is 0 Å². The molecule has 2 heterocycles. The molecule has 0 atom stereocenters. The van der Waals surface area contributed by atoms with Crippen LogP contribution in [0.4, 0.5) is 9.18 Å². The van der Waals surface area contributed by atoms with Crippen LogP contribution in [0.1, 0.15) is 18.4 Å². The Morgan fingerprint density at radius 2 is 2.00 bits per heavy atom. The van der Waals surface area contributed by atoms with Crippen molar-refractivity contribution in [3.8, 4) is 0 Å². The van der Waals surface area contributed by atoms with Crippen LogP contribution in [-0.4, -0.2) is 35.5 Å². The second kappa shape index (κ2) is 4.86. The van der Waals surface area contributed by atoms with Gasteiger partial charge in [0.2, 0.25) is 0 Å². The maximum Gasteiger partial charge on any atom is 0.322 e. The Balaban J connectivity index is 1.62. The molecule has 0 aromatic heterocycles. The minimum absolute atomic E-state index is 0.229. The summed E-state index contributed by atoms with van der Waals surface area (Å²) in [7, 11) is 0. The predicted molar refractivity (Wildman–Crippen MR) is 70.3 cm³/mol. The van der Waals surface area contributed by atoms with E-state index in [4.69, 9.17) is 0 Å². The third-order valence-corrected chi connectivity index (χ3v) is 4.02. The first kappa shape index (κ1) is 13.1. The molecular formula is C14H16FN3O2. The maximum atomic E-state index is 13.1. The topological polar surface area (TPSA) is 61.4 Å². The number of hydrogen-bond donors (Lipinski definition) is 2. The molecule has 3 rings (SSSR count). The molecule has 0 aliphatic carbocycles. The van der Waals surface area contributed by atoms with E-state index in [0.717, 1.165) is 5.56 Å². The monoisotopic (exact) mass is 277 g/mol. The summed E-state index contributed by atoms with van der Waals surface area (Å²) in [4.78, 5) is 25.2. The van der Waals surface area contributed by atoms with Gasteiger partial charge in [-0.1, -0.05) is 12.1 Å². The quantitative estimate of drug-likeness (QED) is 0.793. The zero-order valence-electron chi connectivity index (χ0n) is 11.0. The lowest BCUT2D eigenvalue weighted by Gasteiger charge is -2.36. The number of hydrogen-bond acceptors (Lipinski definition) is 3. The fourth-order valence-corrected chi connectivity index (χ4v) is 2.87. The Hall–Kier alpha value is -1.95. The molecule has 6 heteroatoms. The van der Waals surface area contributed by atoms with Crippen LogP contribution in [-0.2, 0) is 11.3 Å². The number of piperidine rings is 1. The average Bonchev–Trinajstić information content (AvgIpc) is 2.67. The van der Waals surface area contributed by atoms with Gasteiger partial charge in [-0.15, -0.1) is 0 Å². The zero-order chi connectivity index (χ0) is 14.2. The van der Waals surface area contributed by atoms with Crippen LogP contribution >= 0.6 is 0 Å². The Kier molecular flexibility index (Phi) is 3.17. The second-order valence-corrected chi connectivity index (χ2v) is 5.40. The summed E-state index contributed by atoms with van der Waals surface area (Å²) in [6.07, 6.45) is 1.17. The molecule has 1 aromatic rings. The van der Waals surface area contributed by atoms with E-state index in [9.17, 15) is 14.0 Å². The minimum atomic E-state index is -0.741. The number of urea groups is 1. The van der Waals surface area contributed by atoms with Crippen LogP contribution in [0.2, 0.25) is 0 Å².